The minimum absolute atomic E-state index is 0.114. The van der Waals surface area contributed by atoms with Crippen molar-refractivity contribution in [3.05, 3.63) is 41.7 Å². The summed E-state index contributed by atoms with van der Waals surface area (Å²) in [7, 11) is 0. The number of aryl methyl sites for hydroxylation is 1. The molecule has 0 radical (unpaired) electrons. The lowest BCUT2D eigenvalue weighted by atomic mass is 10.2. The summed E-state index contributed by atoms with van der Waals surface area (Å²) in [5.41, 5.74) is 1.79. The second-order valence-electron chi connectivity index (χ2n) is 6.50. The van der Waals surface area contributed by atoms with Crippen molar-refractivity contribution in [2.45, 2.75) is 53.1 Å². The van der Waals surface area contributed by atoms with Gasteiger partial charge in [0.25, 0.3) is 5.91 Å². The number of anilines is 2. The number of rotatable bonds is 9. The fourth-order valence-electron chi connectivity index (χ4n) is 2.42. The SMILES string of the molecule is CCCCCNc1nc(C)cc(C(=O)Nc2ccc(OC(C)C)cc2)n1. The van der Waals surface area contributed by atoms with Crippen molar-refractivity contribution >= 4 is 17.5 Å². The van der Waals surface area contributed by atoms with E-state index in [0.717, 1.165) is 37.3 Å². The van der Waals surface area contributed by atoms with Gasteiger partial charge in [0.05, 0.1) is 6.10 Å². The molecule has 1 heterocycles. The Morgan fingerprint density at radius 3 is 2.54 bits per heavy atom. The lowest BCUT2D eigenvalue weighted by Gasteiger charge is -2.11. The van der Waals surface area contributed by atoms with Gasteiger partial charge in [-0.15, -0.1) is 0 Å². The van der Waals surface area contributed by atoms with Crippen LogP contribution in [-0.4, -0.2) is 28.5 Å². The van der Waals surface area contributed by atoms with Crippen molar-refractivity contribution in [3.8, 4) is 5.75 Å². The number of unbranched alkanes of at least 4 members (excludes halogenated alkanes) is 2. The Morgan fingerprint density at radius 2 is 1.88 bits per heavy atom. The third kappa shape index (κ3) is 6.35. The van der Waals surface area contributed by atoms with Crippen LogP contribution in [-0.2, 0) is 0 Å². The van der Waals surface area contributed by atoms with Gasteiger partial charge in [-0.1, -0.05) is 19.8 Å². The van der Waals surface area contributed by atoms with E-state index in [1.165, 1.54) is 0 Å². The summed E-state index contributed by atoms with van der Waals surface area (Å²) in [6.45, 7) is 8.76. The average molecular weight is 356 g/mol. The van der Waals surface area contributed by atoms with Crippen molar-refractivity contribution in [2.24, 2.45) is 0 Å². The molecule has 0 unspecified atom stereocenters. The second kappa shape index (κ2) is 9.75. The van der Waals surface area contributed by atoms with Crippen LogP contribution in [0.25, 0.3) is 0 Å². The first-order valence-corrected chi connectivity index (χ1v) is 9.15. The van der Waals surface area contributed by atoms with Crippen LogP contribution in [0.5, 0.6) is 5.75 Å². The van der Waals surface area contributed by atoms with Crippen LogP contribution >= 0.6 is 0 Å². The van der Waals surface area contributed by atoms with Crippen molar-refractivity contribution in [1.82, 2.24) is 9.97 Å². The van der Waals surface area contributed by atoms with E-state index < -0.39 is 0 Å². The monoisotopic (exact) mass is 356 g/mol. The van der Waals surface area contributed by atoms with E-state index in [-0.39, 0.29) is 12.0 Å². The molecule has 2 aromatic rings. The summed E-state index contributed by atoms with van der Waals surface area (Å²) in [4.78, 5) is 21.2. The largest absolute Gasteiger partial charge is 0.491 e. The molecule has 2 rings (SSSR count). The minimum atomic E-state index is -0.260. The molecule has 1 amide bonds. The van der Waals surface area contributed by atoms with Crippen LogP contribution in [0.15, 0.2) is 30.3 Å². The summed E-state index contributed by atoms with van der Waals surface area (Å²) in [6, 6.07) is 8.98. The molecule has 0 aliphatic heterocycles. The fourth-order valence-corrected chi connectivity index (χ4v) is 2.42. The van der Waals surface area contributed by atoms with E-state index in [1.54, 1.807) is 6.07 Å². The summed E-state index contributed by atoms with van der Waals surface area (Å²) in [5, 5.41) is 6.04. The van der Waals surface area contributed by atoms with Crippen LogP contribution in [0, 0.1) is 6.92 Å². The van der Waals surface area contributed by atoms with E-state index in [4.69, 9.17) is 4.74 Å². The number of benzene rings is 1. The van der Waals surface area contributed by atoms with Crippen molar-refractivity contribution in [2.75, 3.05) is 17.2 Å². The third-order valence-corrected chi connectivity index (χ3v) is 3.63. The number of carbonyl (C=O) groups is 1. The Labute approximate surface area is 155 Å². The number of hydrogen-bond donors (Lipinski definition) is 2. The van der Waals surface area contributed by atoms with Gasteiger partial charge in [0.15, 0.2) is 0 Å². The molecule has 1 aromatic heterocycles. The molecule has 6 nitrogen and oxygen atoms in total. The van der Waals surface area contributed by atoms with Crippen LogP contribution in [0.4, 0.5) is 11.6 Å². The molecule has 1 aromatic carbocycles. The van der Waals surface area contributed by atoms with Gasteiger partial charge in [-0.25, -0.2) is 9.97 Å². The van der Waals surface area contributed by atoms with Gasteiger partial charge in [-0.05, 0) is 57.5 Å². The van der Waals surface area contributed by atoms with Crippen LogP contribution < -0.4 is 15.4 Å². The van der Waals surface area contributed by atoms with Gasteiger partial charge in [-0.3, -0.25) is 4.79 Å². The summed E-state index contributed by atoms with van der Waals surface area (Å²) in [6.07, 6.45) is 3.48. The number of amides is 1. The first kappa shape index (κ1) is 19.7. The van der Waals surface area contributed by atoms with Crippen molar-refractivity contribution < 1.29 is 9.53 Å². The Hall–Kier alpha value is -2.63. The Kier molecular flexibility index (Phi) is 7.38. The zero-order valence-corrected chi connectivity index (χ0v) is 16.0. The van der Waals surface area contributed by atoms with Gasteiger partial charge in [0, 0.05) is 17.9 Å². The van der Waals surface area contributed by atoms with Crippen LogP contribution in [0.3, 0.4) is 0 Å². The summed E-state index contributed by atoms with van der Waals surface area (Å²) >= 11 is 0. The standard InChI is InChI=1S/C20H28N4O2/c1-5-6-7-12-21-20-22-15(4)13-18(24-20)19(25)23-16-8-10-17(11-9-16)26-14(2)3/h8-11,13-14H,5-7,12H2,1-4H3,(H,23,25)(H,21,22,24). The summed E-state index contributed by atoms with van der Waals surface area (Å²) in [5.74, 6) is 1.01. The molecule has 0 aliphatic carbocycles. The molecule has 2 N–H and O–H groups in total. The molecule has 0 atom stereocenters. The van der Waals surface area contributed by atoms with Crippen LogP contribution in [0.2, 0.25) is 0 Å². The van der Waals surface area contributed by atoms with Gasteiger partial charge < -0.3 is 15.4 Å². The first-order valence-electron chi connectivity index (χ1n) is 9.15. The Morgan fingerprint density at radius 1 is 1.15 bits per heavy atom. The van der Waals surface area contributed by atoms with Gasteiger partial charge >= 0.3 is 0 Å². The maximum Gasteiger partial charge on any atom is 0.274 e. The maximum absolute atomic E-state index is 12.5. The predicted molar refractivity (Wildman–Crippen MR) is 105 cm³/mol. The second-order valence-corrected chi connectivity index (χ2v) is 6.50. The fraction of sp³-hybridized carbons (Fsp3) is 0.450. The lowest BCUT2D eigenvalue weighted by Crippen LogP contribution is -2.16. The zero-order chi connectivity index (χ0) is 18.9. The Bertz CT molecular complexity index is 714. The first-order chi connectivity index (χ1) is 12.5. The van der Waals surface area contributed by atoms with Gasteiger partial charge in [0.2, 0.25) is 5.95 Å². The molecular weight excluding hydrogens is 328 g/mol. The van der Waals surface area contributed by atoms with Crippen molar-refractivity contribution in [3.63, 3.8) is 0 Å². The Balaban J connectivity index is 2.00. The highest BCUT2D eigenvalue weighted by molar-refractivity contribution is 6.03. The normalized spacial score (nSPS) is 10.7. The van der Waals surface area contributed by atoms with E-state index >= 15 is 0 Å². The number of nitrogens with one attached hydrogen (secondary N) is 2. The number of aromatic nitrogens is 2. The van der Waals surface area contributed by atoms with Crippen molar-refractivity contribution in [1.29, 1.82) is 0 Å². The molecule has 0 saturated heterocycles. The highest BCUT2D eigenvalue weighted by atomic mass is 16.5. The molecule has 140 valence electrons. The summed E-state index contributed by atoms with van der Waals surface area (Å²) < 4.78 is 5.60. The third-order valence-electron chi connectivity index (χ3n) is 3.63. The molecule has 6 heteroatoms. The van der Waals surface area contributed by atoms with Crippen LogP contribution in [0.1, 0.15) is 56.2 Å². The van der Waals surface area contributed by atoms with E-state index in [0.29, 0.717) is 17.3 Å². The molecular formula is C20H28N4O2. The molecule has 0 aliphatic rings. The topological polar surface area (TPSA) is 76.1 Å². The molecule has 26 heavy (non-hydrogen) atoms. The highest BCUT2D eigenvalue weighted by Crippen LogP contribution is 2.17. The molecule has 0 bridgehead atoms. The van der Waals surface area contributed by atoms with Gasteiger partial charge in [0.1, 0.15) is 11.4 Å². The number of hydrogen-bond acceptors (Lipinski definition) is 5. The lowest BCUT2D eigenvalue weighted by molar-refractivity contribution is 0.102. The highest BCUT2D eigenvalue weighted by Gasteiger charge is 2.11. The number of nitrogens with zero attached hydrogens (tertiary/aromatic N) is 2. The molecule has 0 fully saturated rings. The smallest absolute Gasteiger partial charge is 0.274 e. The maximum atomic E-state index is 12.5. The molecule has 0 saturated carbocycles. The van der Waals surface area contributed by atoms with E-state index in [2.05, 4.69) is 27.5 Å². The number of ether oxygens (including phenoxy) is 1. The zero-order valence-electron chi connectivity index (χ0n) is 16.0. The minimum Gasteiger partial charge on any atom is -0.491 e. The van der Waals surface area contributed by atoms with E-state index in [9.17, 15) is 4.79 Å². The van der Waals surface area contributed by atoms with Gasteiger partial charge in [-0.2, -0.15) is 0 Å². The average Bonchev–Trinajstić information content (AvgIpc) is 2.59. The number of carbonyl (C=O) groups excluding carboxylic acids is 1. The van der Waals surface area contributed by atoms with E-state index in [1.807, 2.05) is 45.0 Å². The molecule has 0 spiro atoms. The predicted octanol–water partition coefficient (Wildman–Crippen LogP) is 4.43. The quantitative estimate of drug-likeness (QED) is 0.650.